The van der Waals surface area contributed by atoms with E-state index in [-0.39, 0.29) is 6.04 Å². The summed E-state index contributed by atoms with van der Waals surface area (Å²) in [6.07, 6.45) is 6.24. The zero-order chi connectivity index (χ0) is 13.8. The summed E-state index contributed by atoms with van der Waals surface area (Å²) in [4.78, 5) is 2.11. The molecule has 0 heterocycles. The van der Waals surface area contributed by atoms with Crippen molar-refractivity contribution in [2.45, 2.75) is 45.1 Å². The van der Waals surface area contributed by atoms with Crippen molar-refractivity contribution in [2.75, 3.05) is 7.05 Å². The van der Waals surface area contributed by atoms with Crippen molar-refractivity contribution in [1.82, 2.24) is 4.90 Å². The normalized spacial score (nSPS) is 18.1. The Kier molecular flexibility index (Phi) is 4.87. The van der Waals surface area contributed by atoms with E-state index in [1.165, 1.54) is 37.7 Å². The van der Waals surface area contributed by atoms with Crippen molar-refractivity contribution in [3.63, 3.8) is 0 Å². The van der Waals surface area contributed by atoms with Crippen molar-refractivity contribution >= 4 is 17.4 Å². The zero-order valence-electron chi connectivity index (χ0n) is 11.8. The van der Waals surface area contributed by atoms with E-state index < -0.39 is 0 Å². The number of hydrogen-bond acceptors (Lipinski definition) is 1. The van der Waals surface area contributed by atoms with Gasteiger partial charge in [0.15, 0.2) is 0 Å². The summed E-state index contributed by atoms with van der Waals surface area (Å²) >= 11 is 5.92. The summed E-state index contributed by atoms with van der Waals surface area (Å²) < 4.78 is 0. The van der Waals surface area contributed by atoms with E-state index >= 15 is 0 Å². The number of nitrogens with zero attached hydrogens (tertiary/aromatic N) is 1. The van der Waals surface area contributed by atoms with Gasteiger partial charge in [-0.1, -0.05) is 43.0 Å². The van der Waals surface area contributed by atoms with E-state index in [9.17, 15) is 0 Å². The topological polar surface area (TPSA) is 27.1 Å². The van der Waals surface area contributed by atoms with Gasteiger partial charge in [-0.2, -0.15) is 0 Å². The van der Waals surface area contributed by atoms with E-state index in [1.807, 2.05) is 19.2 Å². The summed E-state index contributed by atoms with van der Waals surface area (Å²) in [5, 5.41) is 9.18. The lowest BCUT2D eigenvalue weighted by Gasteiger charge is -2.33. The maximum Gasteiger partial charge on any atom is 0.0991 e. The van der Waals surface area contributed by atoms with Crippen LogP contribution in [0.15, 0.2) is 24.3 Å². The molecule has 0 radical (unpaired) electrons. The largest absolute Gasteiger partial charge is 0.357 e. The Hall–Kier alpha value is -1.02. The molecule has 0 aromatic heterocycles. The molecule has 0 aliphatic heterocycles. The van der Waals surface area contributed by atoms with Crippen LogP contribution in [-0.4, -0.2) is 17.8 Å². The lowest BCUT2D eigenvalue weighted by Crippen LogP contribution is -2.35. The minimum Gasteiger partial charge on any atom is -0.357 e. The molecule has 1 atom stereocenters. The minimum atomic E-state index is 0.228. The molecule has 104 valence electrons. The van der Waals surface area contributed by atoms with Crippen LogP contribution in [0.4, 0.5) is 0 Å². The third kappa shape index (κ3) is 3.50. The van der Waals surface area contributed by atoms with E-state index in [4.69, 9.17) is 17.0 Å². The Balaban J connectivity index is 2.03. The van der Waals surface area contributed by atoms with Crippen molar-refractivity contribution in [3.05, 3.63) is 34.9 Å². The fourth-order valence-electron chi connectivity index (χ4n) is 2.84. The van der Waals surface area contributed by atoms with Crippen LogP contribution in [0.3, 0.4) is 0 Å². The molecule has 1 unspecified atom stereocenters. The van der Waals surface area contributed by atoms with Crippen molar-refractivity contribution in [3.8, 4) is 0 Å². The SMILES string of the molecule is CC(c1ccc(Cl)cc1)N(C)C(=N)C1CCCCC1. The van der Waals surface area contributed by atoms with E-state index in [2.05, 4.69) is 24.0 Å². The standard InChI is InChI=1S/C16H23ClN2/c1-12(13-8-10-15(17)11-9-13)19(2)16(18)14-6-4-3-5-7-14/h8-12,14,18H,3-7H2,1-2H3. The summed E-state index contributed by atoms with van der Waals surface area (Å²) in [5.74, 6) is 1.25. The van der Waals surface area contributed by atoms with Gasteiger partial charge in [-0.05, 0) is 37.5 Å². The second-order valence-electron chi connectivity index (χ2n) is 5.56. The molecule has 1 N–H and O–H groups in total. The molecule has 1 aliphatic rings. The molecule has 0 saturated heterocycles. The first kappa shape index (κ1) is 14.4. The van der Waals surface area contributed by atoms with Gasteiger partial charge in [-0.3, -0.25) is 5.41 Å². The predicted molar refractivity (Wildman–Crippen MR) is 81.9 cm³/mol. The molecule has 19 heavy (non-hydrogen) atoms. The van der Waals surface area contributed by atoms with Crippen LogP contribution in [0.1, 0.15) is 50.6 Å². The van der Waals surface area contributed by atoms with Gasteiger partial charge in [0, 0.05) is 18.0 Å². The minimum absolute atomic E-state index is 0.228. The third-order valence-corrected chi connectivity index (χ3v) is 4.56. The number of amidine groups is 1. The molecule has 0 amide bonds. The van der Waals surface area contributed by atoms with Gasteiger partial charge >= 0.3 is 0 Å². The van der Waals surface area contributed by atoms with Crippen molar-refractivity contribution in [2.24, 2.45) is 5.92 Å². The average molecular weight is 279 g/mol. The highest BCUT2D eigenvalue weighted by molar-refractivity contribution is 6.30. The Bertz CT molecular complexity index is 421. The van der Waals surface area contributed by atoms with Gasteiger partial charge in [-0.15, -0.1) is 0 Å². The summed E-state index contributed by atoms with van der Waals surface area (Å²) in [6, 6.07) is 8.18. The third-order valence-electron chi connectivity index (χ3n) is 4.31. The number of benzene rings is 1. The van der Waals surface area contributed by atoms with Crippen LogP contribution in [-0.2, 0) is 0 Å². The number of hydrogen-bond donors (Lipinski definition) is 1. The van der Waals surface area contributed by atoms with Crippen LogP contribution in [0, 0.1) is 11.3 Å². The highest BCUT2D eigenvalue weighted by Gasteiger charge is 2.23. The molecule has 2 rings (SSSR count). The maximum absolute atomic E-state index is 8.41. The van der Waals surface area contributed by atoms with Gasteiger partial charge in [-0.25, -0.2) is 0 Å². The summed E-state index contributed by atoms with van der Waals surface area (Å²) in [6.45, 7) is 2.15. The van der Waals surface area contributed by atoms with Crippen LogP contribution < -0.4 is 0 Å². The second kappa shape index (κ2) is 6.42. The molecule has 1 aliphatic carbocycles. The average Bonchev–Trinajstić information content (AvgIpc) is 2.46. The zero-order valence-corrected chi connectivity index (χ0v) is 12.6. The molecular weight excluding hydrogens is 256 g/mol. The fraction of sp³-hybridized carbons (Fsp3) is 0.562. The monoisotopic (exact) mass is 278 g/mol. The smallest absolute Gasteiger partial charge is 0.0991 e. The van der Waals surface area contributed by atoms with Crippen molar-refractivity contribution < 1.29 is 0 Å². The van der Waals surface area contributed by atoms with E-state index in [0.29, 0.717) is 5.92 Å². The van der Waals surface area contributed by atoms with Gasteiger partial charge in [0.05, 0.1) is 11.9 Å². The first-order valence-corrected chi connectivity index (χ1v) is 7.54. The Morgan fingerprint density at radius 1 is 1.21 bits per heavy atom. The quantitative estimate of drug-likeness (QED) is 0.618. The summed E-state index contributed by atoms with van der Waals surface area (Å²) in [7, 11) is 2.04. The highest BCUT2D eigenvalue weighted by atomic mass is 35.5. The number of nitrogens with one attached hydrogen (secondary N) is 1. The van der Waals surface area contributed by atoms with Crippen molar-refractivity contribution in [1.29, 1.82) is 5.41 Å². The number of halogens is 1. The lowest BCUT2D eigenvalue weighted by atomic mass is 9.87. The molecular formula is C16H23ClN2. The molecule has 1 fully saturated rings. The molecule has 1 saturated carbocycles. The Morgan fingerprint density at radius 3 is 2.37 bits per heavy atom. The number of rotatable bonds is 3. The van der Waals surface area contributed by atoms with Gasteiger partial charge in [0.1, 0.15) is 0 Å². The van der Waals surface area contributed by atoms with Gasteiger partial charge < -0.3 is 4.90 Å². The predicted octanol–water partition coefficient (Wildman–Crippen LogP) is 4.89. The van der Waals surface area contributed by atoms with Crippen LogP contribution in [0.5, 0.6) is 0 Å². The lowest BCUT2D eigenvalue weighted by molar-refractivity contribution is 0.342. The molecule has 1 aromatic rings. The first-order chi connectivity index (χ1) is 9.09. The molecule has 0 bridgehead atoms. The molecule has 3 heteroatoms. The first-order valence-electron chi connectivity index (χ1n) is 7.16. The van der Waals surface area contributed by atoms with Crippen LogP contribution in [0.25, 0.3) is 0 Å². The maximum atomic E-state index is 8.41. The highest BCUT2D eigenvalue weighted by Crippen LogP contribution is 2.28. The second-order valence-corrected chi connectivity index (χ2v) is 6.00. The van der Waals surface area contributed by atoms with Gasteiger partial charge in [0.2, 0.25) is 0 Å². The van der Waals surface area contributed by atoms with E-state index in [1.54, 1.807) is 0 Å². The fourth-order valence-corrected chi connectivity index (χ4v) is 2.96. The van der Waals surface area contributed by atoms with Gasteiger partial charge in [0.25, 0.3) is 0 Å². The Labute approximate surface area is 121 Å². The summed E-state index contributed by atoms with van der Waals surface area (Å²) in [5.41, 5.74) is 1.22. The van der Waals surface area contributed by atoms with Crippen LogP contribution in [0.2, 0.25) is 5.02 Å². The molecule has 1 aromatic carbocycles. The van der Waals surface area contributed by atoms with Crippen LogP contribution >= 0.6 is 11.6 Å². The molecule has 2 nitrogen and oxygen atoms in total. The van der Waals surface area contributed by atoms with E-state index in [0.717, 1.165) is 10.9 Å². The Morgan fingerprint density at radius 2 is 1.79 bits per heavy atom. The molecule has 0 spiro atoms.